The predicted molar refractivity (Wildman–Crippen MR) is 92.1 cm³/mol. The average molecular weight is 341 g/mol. The van der Waals surface area contributed by atoms with Crippen LogP contribution in [-0.4, -0.2) is 35.0 Å². The van der Waals surface area contributed by atoms with E-state index < -0.39 is 5.97 Å². The second-order valence-corrected chi connectivity index (χ2v) is 6.41. The van der Waals surface area contributed by atoms with Gasteiger partial charge < -0.3 is 10.0 Å². The number of carboxylic acid groups (broad SMARTS) is 1. The fourth-order valence-electron chi connectivity index (χ4n) is 3.34. The van der Waals surface area contributed by atoms with E-state index in [0.717, 1.165) is 24.0 Å². The van der Waals surface area contributed by atoms with Gasteiger partial charge in [-0.05, 0) is 48.2 Å². The number of carboxylic acids is 1. The Morgan fingerprint density at radius 3 is 2.64 bits per heavy atom. The molecule has 0 bridgehead atoms. The molecule has 3 rings (SSSR count). The zero-order chi connectivity index (χ0) is 17.8. The van der Waals surface area contributed by atoms with E-state index in [-0.39, 0.29) is 24.1 Å². The number of hydrogen-bond acceptors (Lipinski definition) is 2. The molecule has 1 N–H and O–H groups in total. The average Bonchev–Trinajstić information content (AvgIpc) is 2.61. The molecule has 4 nitrogen and oxygen atoms in total. The minimum Gasteiger partial charge on any atom is -0.481 e. The zero-order valence-electron chi connectivity index (χ0n) is 13.8. The lowest BCUT2D eigenvalue weighted by Crippen LogP contribution is -2.39. The van der Waals surface area contributed by atoms with Crippen molar-refractivity contribution in [2.75, 3.05) is 13.1 Å². The van der Waals surface area contributed by atoms with Crippen molar-refractivity contribution in [2.24, 2.45) is 0 Å². The van der Waals surface area contributed by atoms with Crippen LogP contribution in [0, 0.1) is 5.82 Å². The summed E-state index contributed by atoms with van der Waals surface area (Å²) >= 11 is 0. The molecule has 0 aromatic heterocycles. The van der Waals surface area contributed by atoms with Gasteiger partial charge in [-0.25, -0.2) is 4.39 Å². The molecule has 0 radical (unpaired) electrons. The number of hydrogen-bond donors (Lipinski definition) is 1. The maximum Gasteiger partial charge on any atom is 0.307 e. The SMILES string of the molecule is O=C(O)Cc1cccc(C2CCCN(C(=O)c3ccc(F)cc3)C2)c1. The van der Waals surface area contributed by atoms with Gasteiger partial charge in [0, 0.05) is 24.6 Å². The third kappa shape index (κ3) is 4.24. The smallest absolute Gasteiger partial charge is 0.307 e. The molecule has 1 amide bonds. The van der Waals surface area contributed by atoms with E-state index in [4.69, 9.17) is 5.11 Å². The van der Waals surface area contributed by atoms with Crippen LogP contribution in [0.1, 0.15) is 40.2 Å². The molecule has 5 heteroatoms. The van der Waals surface area contributed by atoms with Gasteiger partial charge in [-0.2, -0.15) is 0 Å². The molecule has 25 heavy (non-hydrogen) atoms. The maximum atomic E-state index is 13.0. The first-order valence-corrected chi connectivity index (χ1v) is 8.38. The fraction of sp³-hybridized carbons (Fsp3) is 0.300. The molecule has 1 saturated heterocycles. The Labute approximate surface area is 145 Å². The molecule has 1 aliphatic rings. The summed E-state index contributed by atoms with van der Waals surface area (Å²) in [5.74, 6) is -1.12. The van der Waals surface area contributed by atoms with Crippen LogP contribution in [0.15, 0.2) is 48.5 Å². The number of rotatable bonds is 4. The number of piperidine rings is 1. The van der Waals surface area contributed by atoms with Crippen molar-refractivity contribution in [3.8, 4) is 0 Å². The summed E-state index contributed by atoms with van der Waals surface area (Å²) in [7, 11) is 0. The Balaban J connectivity index is 1.73. The highest BCUT2D eigenvalue weighted by Crippen LogP contribution is 2.28. The normalized spacial score (nSPS) is 17.3. The van der Waals surface area contributed by atoms with Crippen molar-refractivity contribution < 1.29 is 19.1 Å². The molecule has 2 aromatic carbocycles. The van der Waals surface area contributed by atoms with E-state index in [2.05, 4.69) is 0 Å². The van der Waals surface area contributed by atoms with Gasteiger partial charge in [0.1, 0.15) is 5.82 Å². The van der Waals surface area contributed by atoms with E-state index in [0.29, 0.717) is 18.7 Å². The first-order valence-electron chi connectivity index (χ1n) is 8.38. The number of aliphatic carboxylic acids is 1. The van der Waals surface area contributed by atoms with Crippen molar-refractivity contribution in [1.29, 1.82) is 0 Å². The van der Waals surface area contributed by atoms with E-state index in [9.17, 15) is 14.0 Å². The molecule has 2 aromatic rings. The second kappa shape index (κ2) is 7.47. The molecule has 1 fully saturated rings. The number of likely N-dealkylation sites (tertiary alicyclic amines) is 1. The quantitative estimate of drug-likeness (QED) is 0.926. The van der Waals surface area contributed by atoms with Crippen LogP contribution in [0.25, 0.3) is 0 Å². The van der Waals surface area contributed by atoms with Crippen LogP contribution in [0.4, 0.5) is 4.39 Å². The van der Waals surface area contributed by atoms with Gasteiger partial charge in [-0.15, -0.1) is 0 Å². The third-order valence-corrected chi connectivity index (χ3v) is 4.58. The minimum atomic E-state index is -0.853. The first-order chi connectivity index (χ1) is 12.0. The molecule has 0 spiro atoms. The molecule has 1 atom stereocenters. The van der Waals surface area contributed by atoms with Gasteiger partial charge >= 0.3 is 5.97 Å². The lowest BCUT2D eigenvalue weighted by Gasteiger charge is -2.33. The summed E-state index contributed by atoms with van der Waals surface area (Å²) in [5.41, 5.74) is 2.32. The molecule has 0 saturated carbocycles. The van der Waals surface area contributed by atoms with E-state index in [1.165, 1.54) is 24.3 Å². The highest BCUT2D eigenvalue weighted by atomic mass is 19.1. The molecule has 0 aliphatic carbocycles. The lowest BCUT2D eigenvalue weighted by molar-refractivity contribution is -0.136. The van der Waals surface area contributed by atoms with Gasteiger partial charge in [0.25, 0.3) is 5.91 Å². The molecule has 130 valence electrons. The van der Waals surface area contributed by atoms with Crippen molar-refractivity contribution in [2.45, 2.75) is 25.2 Å². The van der Waals surface area contributed by atoms with Crippen LogP contribution in [0.2, 0.25) is 0 Å². The number of benzene rings is 2. The minimum absolute atomic E-state index is 0.00121. The molecule has 1 aliphatic heterocycles. The monoisotopic (exact) mass is 341 g/mol. The summed E-state index contributed by atoms with van der Waals surface area (Å²) in [6.07, 6.45) is 1.85. The largest absolute Gasteiger partial charge is 0.481 e. The summed E-state index contributed by atoms with van der Waals surface area (Å²) in [6, 6.07) is 13.2. The Kier molecular flexibility index (Phi) is 5.12. The highest BCUT2D eigenvalue weighted by Gasteiger charge is 2.25. The fourth-order valence-corrected chi connectivity index (χ4v) is 3.34. The number of amides is 1. The van der Waals surface area contributed by atoms with Crippen LogP contribution in [-0.2, 0) is 11.2 Å². The number of nitrogens with zero attached hydrogens (tertiary/aromatic N) is 1. The summed E-state index contributed by atoms with van der Waals surface area (Å²) in [5, 5.41) is 8.95. The van der Waals surface area contributed by atoms with Gasteiger partial charge in [0.2, 0.25) is 0 Å². The van der Waals surface area contributed by atoms with Crippen molar-refractivity contribution in [1.82, 2.24) is 4.90 Å². The summed E-state index contributed by atoms with van der Waals surface area (Å²) in [6.45, 7) is 1.27. The number of carbonyl (C=O) groups is 2. The topological polar surface area (TPSA) is 57.6 Å². The van der Waals surface area contributed by atoms with Gasteiger partial charge in [-0.1, -0.05) is 24.3 Å². The molecular weight excluding hydrogens is 321 g/mol. The lowest BCUT2D eigenvalue weighted by atomic mass is 9.89. The Morgan fingerprint density at radius 1 is 1.16 bits per heavy atom. The molecule has 1 unspecified atom stereocenters. The Bertz CT molecular complexity index is 773. The van der Waals surface area contributed by atoms with Gasteiger partial charge in [-0.3, -0.25) is 9.59 Å². The van der Waals surface area contributed by atoms with E-state index >= 15 is 0 Å². The van der Waals surface area contributed by atoms with Gasteiger partial charge in [0.05, 0.1) is 6.42 Å². The standard InChI is InChI=1S/C20H20FNO3/c21-18-8-6-15(7-9-18)20(25)22-10-2-5-17(13-22)16-4-1-3-14(11-16)12-19(23)24/h1,3-4,6-9,11,17H,2,5,10,12-13H2,(H,23,24). The van der Waals surface area contributed by atoms with E-state index in [1.54, 1.807) is 4.90 Å². The first kappa shape index (κ1) is 17.1. The zero-order valence-corrected chi connectivity index (χ0v) is 13.8. The molecule has 1 heterocycles. The molecular formula is C20H20FNO3. The van der Waals surface area contributed by atoms with Crippen molar-refractivity contribution in [3.05, 3.63) is 71.0 Å². The van der Waals surface area contributed by atoms with Crippen LogP contribution in [0.5, 0.6) is 0 Å². The third-order valence-electron chi connectivity index (χ3n) is 4.58. The van der Waals surface area contributed by atoms with Crippen molar-refractivity contribution in [3.63, 3.8) is 0 Å². The predicted octanol–water partition coefficient (Wildman–Crippen LogP) is 3.47. The Hall–Kier alpha value is -2.69. The van der Waals surface area contributed by atoms with E-state index in [1.807, 2.05) is 24.3 Å². The Morgan fingerprint density at radius 2 is 1.92 bits per heavy atom. The summed E-state index contributed by atoms with van der Waals surface area (Å²) in [4.78, 5) is 25.3. The maximum absolute atomic E-state index is 13.0. The summed E-state index contributed by atoms with van der Waals surface area (Å²) < 4.78 is 13.0. The van der Waals surface area contributed by atoms with Crippen LogP contribution >= 0.6 is 0 Å². The van der Waals surface area contributed by atoms with Crippen LogP contribution in [0.3, 0.4) is 0 Å². The van der Waals surface area contributed by atoms with Gasteiger partial charge in [0.15, 0.2) is 0 Å². The van der Waals surface area contributed by atoms with Crippen LogP contribution < -0.4 is 0 Å². The van der Waals surface area contributed by atoms with Crippen molar-refractivity contribution >= 4 is 11.9 Å². The number of halogens is 1. The second-order valence-electron chi connectivity index (χ2n) is 6.41. The highest BCUT2D eigenvalue weighted by molar-refractivity contribution is 5.94. The number of carbonyl (C=O) groups excluding carboxylic acids is 1.